The van der Waals surface area contributed by atoms with Gasteiger partial charge in [0.15, 0.2) is 17.2 Å². The molecule has 1 aromatic heterocycles. The van der Waals surface area contributed by atoms with Crippen molar-refractivity contribution < 1.29 is 18.6 Å². The highest BCUT2D eigenvalue weighted by molar-refractivity contribution is 9.10. The van der Waals surface area contributed by atoms with E-state index in [1.165, 1.54) is 18.2 Å². The predicted molar refractivity (Wildman–Crippen MR) is 84.7 cm³/mol. The summed E-state index contributed by atoms with van der Waals surface area (Å²) in [6.07, 6.45) is 0. The second-order valence-electron chi connectivity index (χ2n) is 5.24. The van der Waals surface area contributed by atoms with E-state index in [2.05, 4.69) is 46.5 Å². The summed E-state index contributed by atoms with van der Waals surface area (Å²) < 4.78 is 32.1. The zero-order valence-corrected chi connectivity index (χ0v) is 13.8. The van der Waals surface area contributed by atoms with Gasteiger partial charge in [-0.1, -0.05) is 0 Å². The van der Waals surface area contributed by atoms with Gasteiger partial charge in [-0.15, -0.1) is 0 Å². The number of rotatable bonds is 5. The van der Waals surface area contributed by atoms with Gasteiger partial charge in [0.05, 0.1) is 16.7 Å². The van der Waals surface area contributed by atoms with Crippen LogP contribution >= 0.6 is 15.9 Å². The van der Waals surface area contributed by atoms with Gasteiger partial charge in [-0.25, -0.2) is 18.4 Å². The monoisotopic (exact) mass is 402 g/mol. The molecule has 0 amide bonds. The molecule has 8 nitrogen and oxygen atoms in total. The maximum absolute atomic E-state index is 14.0. The van der Waals surface area contributed by atoms with E-state index in [0.29, 0.717) is 5.69 Å². The van der Waals surface area contributed by atoms with Crippen molar-refractivity contribution in [2.45, 2.75) is 5.67 Å². The first-order chi connectivity index (χ1) is 11.5. The van der Waals surface area contributed by atoms with Gasteiger partial charge in [-0.05, 0) is 44.4 Å². The number of anilines is 1. The lowest BCUT2D eigenvalue weighted by Gasteiger charge is -2.34. The Balaban J connectivity index is 1.81. The Morgan fingerprint density at radius 2 is 2.25 bits per heavy atom. The van der Waals surface area contributed by atoms with Gasteiger partial charge in [0.1, 0.15) is 5.82 Å². The van der Waals surface area contributed by atoms with Crippen LogP contribution in [0, 0.1) is 5.82 Å². The minimum atomic E-state index is -1.37. The summed E-state index contributed by atoms with van der Waals surface area (Å²) in [6, 6.07) is 4.05. The smallest absolute Gasteiger partial charge is 0.202 e. The minimum absolute atomic E-state index is 0.00200. The number of hydroxylamine groups is 1. The molecule has 0 bridgehead atoms. The standard InChI is InChI=1S/C13H13BrF2N6O2/c14-8-3-7(1-2-9(8)15)19-12(20-23)10-11(22-24-21-10)18-6-13(16)4-17-5-13/h1-3,17,23H,4-6H2,(H,18,22)(H,19,20). The Morgan fingerprint density at radius 3 is 2.88 bits per heavy atom. The van der Waals surface area contributed by atoms with E-state index in [1.54, 1.807) is 0 Å². The average molecular weight is 403 g/mol. The van der Waals surface area contributed by atoms with Crippen LogP contribution in [-0.4, -0.2) is 46.7 Å². The Labute approximate surface area is 143 Å². The predicted octanol–water partition coefficient (Wildman–Crippen LogP) is 1.75. The highest BCUT2D eigenvalue weighted by Gasteiger charge is 2.37. The van der Waals surface area contributed by atoms with Crippen LogP contribution in [0.1, 0.15) is 5.69 Å². The maximum Gasteiger partial charge on any atom is 0.202 e. The van der Waals surface area contributed by atoms with E-state index in [9.17, 15) is 14.0 Å². The van der Waals surface area contributed by atoms with Crippen LogP contribution in [0.15, 0.2) is 32.3 Å². The van der Waals surface area contributed by atoms with E-state index >= 15 is 0 Å². The second-order valence-corrected chi connectivity index (χ2v) is 6.09. The lowest BCUT2D eigenvalue weighted by Crippen LogP contribution is -2.59. The van der Waals surface area contributed by atoms with Crippen LogP contribution < -0.4 is 16.1 Å². The van der Waals surface area contributed by atoms with Crippen LogP contribution in [0.5, 0.6) is 0 Å². The van der Waals surface area contributed by atoms with Gasteiger partial charge in [0.2, 0.25) is 5.82 Å². The summed E-state index contributed by atoms with van der Waals surface area (Å²) in [7, 11) is 0. The molecule has 3 rings (SSSR count). The fourth-order valence-corrected chi connectivity index (χ4v) is 2.40. The normalized spacial score (nSPS) is 16.6. The Hall–Kier alpha value is -2.11. The molecule has 0 atom stereocenters. The Kier molecular flexibility index (Phi) is 4.73. The quantitative estimate of drug-likeness (QED) is 0.342. The molecule has 128 valence electrons. The number of nitrogens with one attached hydrogen (secondary N) is 3. The molecule has 1 aromatic carbocycles. The summed E-state index contributed by atoms with van der Waals surface area (Å²) >= 11 is 3.05. The fourth-order valence-electron chi connectivity index (χ4n) is 2.04. The number of halogens is 3. The molecule has 0 aliphatic carbocycles. The molecule has 1 aliphatic rings. The zero-order chi connectivity index (χ0) is 17.2. The van der Waals surface area contributed by atoms with Gasteiger partial charge < -0.3 is 10.6 Å². The number of hydrogen-bond acceptors (Lipinski definition) is 7. The van der Waals surface area contributed by atoms with Gasteiger partial charge in [0, 0.05) is 13.1 Å². The number of amidine groups is 1. The molecule has 4 N–H and O–H groups in total. The van der Waals surface area contributed by atoms with Gasteiger partial charge in [0.25, 0.3) is 0 Å². The van der Waals surface area contributed by atoms with E-state index in [-0.39, 0.29) is 41.5 Å². The van der Waals surface area contributed by atoms with Crippen molar-refractivity contribution in [3.05, 3.63) is 34.2 Å². The summed E-state index contributed by atoms with van der Waals surface area (Å²) in [5.74, 6) is -0.405. The Morgan fingerprint density at radius 1 is 1.46 bits per heavy atom. The summed E-state index contributed by atoms with van der Waals surface area (Å²) in [5.41, 5.74) is 0.922. The molecule has 0 spiro atoms. The van der Waals surface area contributed by atoms with Crippen molar-refractivity contribution in [2.75, 3.05) is 25.0 Å². The number of nitrogens with zero attached hydrogens (tertiary/aromatic N) is 3. The summed E-state index contributed by atoms with van der Waals surface area (Å²) in [4.78, 5) is 4.11. The minimum Gasteiger partial charge on any atom is -0.362 e. The van der Waals surface area contributed by atoms with Crippen molar-refractivity contribution in [2.24, 2.45) is 4.99 Å². The molecule has 1 saturated heterocycles. The molecular formula is C13H13BrF2N6O2. The molecule has 0 unspecified atom stereocenters. The largest absolute Gasteiger partial charge is 0.362 e. The topological polar surface area (TPSA) is 108 Å². The molecule has 11 heteroatoms. The first-order valence-electron chi connectivity index (χ1n) is 6.91. The number of hydrogen-bond donors (Lipinski definition) is 4. The third kappa shape index (κ3) is 3.52. The molecule has 2 heterocycles. The molecule has 24 heavy (non-hydrogen) atoms. The van der Waals surface area contributed by atoms with Gasteiger partial charge in [-0.3, -0.25) is 10.7 Å². The molecule has 1 aliphatic heterocycles. The van der Waals surface area contributed by atoms with E-state index in [4.69, 9.17) is 0 Å². The van der Waals surface area contributed by atoms with Crippen LogP contribution in [-0.2, 0) is 0 Å². The van der Waals surface area contributed by atoms with Gasteiger partial charge >= 0.3 is 0 Å². The van der Waals surface area contributed by atoms with Crippen LogP contribution in [0.2, 0.25) is 0 Å². The van der Waals surface area contributed by atoms with E-state index in [1.807, 2.05) is 5.48 Å². The molecule has 1 fully saturated rings. The molecule has 2 aromatic rings. The zero-order valence-electron chi connectivity index (χ0n) is 12.2. The van der Waals surface area contributed by atoms with Crippen molar-refractivity contribution in [1.29, 1.82) is 0 Å². The molecular weight excluding hydrogens is 390 g/mol. The molecule has 0 radical (unpaired) electrons. The van der Waals surface area contributed by atoms with Crippen molar-refractivity contribution in [3.8, 4) is 0 Å². The van der Waals surface area contributed by atoms with Crippen molar-refractivity contribution in [1.82, 2.24) is 21.1 Å². The number of aliphatic imine (C=N–C) groups is 1. The summed E-state index contributed by atoms with van der Waals surface area (Å²) in [6.45, 7) is 0.481. The van der Waals surface area contributed by atoms with Gasteiger partial charge in [-0.2, -0.15) is 0 Å². The number of benzene rings is 1. The van der Waals surface area contributed by atoms with Crippen LogP contribution in [0.3, 0.4) is 0 Å². The lowest BCUT2D eigenvalue weighted by atomic mass is 10.00. The number of aromatic nitrogens is 2. The Bertz CT molecular complexity index is 765. The highest BCUT2D eigenvalue weighted by atomic mass is 79.9. The van der Waals surface area contributed by atoms with E-state index < -0.39 is 11.5 Å². The first-order valence-corrected chi connectivity index (χ1v) is 7.70. The lowest BCUT2D eigenvalue weighted by molar-refractivity contribution is 0.105. The number of alkyl halides is 1. The fraction of sp³-hybridized carbons (Fsp3) is 0.308. The summed E-state index contributed by atoms with van der Waals surface area (Å²) in [5, 5.41) is 22.2. The molecule has 0 saturated carbocycles. The SMILES string of the molecule is ONC(=Nc1ccc(F)c(Br)c1)c1nonc1NCC1(F)CNC1. The van der Waals surface area contributed by atoms with Crippen LogP contribution in [0.25, 0.3) is 0 Å². The van der Waals surface area contributed by atoms with Crippen molar-refractivity contribution in [3.63, 3.8) is 0 Å². The third-order valence-corrected chi connectivity index (χ3v) is 4.03. The maximum atomic E-state index is 14.0. The second kappa shape index (κ2) is 6.79. The highest BCUT2D eigenvalue weighted by Crippen LogP contribution is 2.23. The van der Waals surface area contributed by atoms with Crippen LogP contribution in [0.4, 0.5) is 20.3 Å². The average Bonchev–Trinajstić information content (AvgIpc) is 3.00. The van der Waals surface area contributed by atoms with E-state index in [0.717, 1.165) is 0 Å². The third-order valence-electron chi connectivity index (χ3n) is 3.42. The van der Waals surface area contributed by atoms with Crippen molar-refractivity contribution >= 4 is 33.3 Å². The first kappa shape index (κ1) is 16.7.